The fourth-order valence-corrected chi connectivity index (χ4v) is 3.24. The number of primary amides is 1. The van der Waals surface area contributed by atoms with Crippen LogP contribution in [0.1, 0.15) is 28.2 Å². The van der Waals surface area contributed by atoms with Crippen LogP contribution in [0, 0.1) is 0 Å². The van der Waals surface area contributed by atoms with E-state index in [4.69, 9.17) is 33.7 Å². The van der Waals surface area contributed by atoms with Crippen LogP contribution < -0.4 is 5.73 Å². The fraction of sp³-hybridized carbons (Fsp3) is 0.312. The predicted octanol–water partition coefficient (Wildman–Crippen LogP) is 2.83. The number of carbonyl (C=O) groups is 2. The third kappa shape index (κ3) is 4.24. The second-order valence-corrected chi connectivity index (χ2v) is 6.59. The molecule has 0 unspecified atom stereocenters. The third-order valence-electron chi connectivity index (χ3n) is 3.81. The Morgan fingerprint density at radius 3 is 2.56 bits per heavy atom. The zero-order chi connectivity index (χ0) is 18.0. The highest BCUT2D eigenvalue weighted by Gasteiger charge is 2.22. The van der Waals surface area contributed by atoms with Gasteiger partial charge in [-0.25, -0.2) is 4.79 Å². The quantitative estimate of drug-likeness (QED) is 0.883. The Labute approximate surface area is 154 Å². The average molecular weight is 383 g/mol. The molecule has 7 nitrogen and oxygen atoms in total. The number of nitrogens with zero attached hydrogens (tertiary/aromatic N) is 3. The summed E-state index contributed by atoms with van der Waals surface area (Å²) in [5.41, 5.74) is 6.90. The van der Waals surface area contributed by atoms with Crippen LogP contribution in [0.15, 0.2) is 24.3 Å². The second-order valence-electron chi connectivity index (χ2n) is 5.72. The Balaban J connectivity index is 1.66. The largest absolute Gasteiger partial charge is 0.445 e. The van der Waals surface area contributed by atoms with Gasteiger partial charge in [0.15, 0.2) is 0 Å². The van der Waals surface area contributed by atoms with Crippen LogP contribution >= 0.6 is 23.2 Å². The first kappa shape index (κ1) is 17.6. The maximum absolute atomic E-state index is 12.4. The van der Waals surface area contributed by atoms with Crippen LogP contribution in [0.2, 0.25) is 10.0 Å². The van der Waals surface area contributed by atoms with Gasteiger partial charge in [0, 0.05) is 23.1 Å². The minimum absolute atomic E-state index is 0.0708. The molecule has 2 aromatic rings. The molecular formula is C16H16Cl2N4O3. The summed E-state index contributed by atoms with van der Waals surface area (Å²) in [4.78, 5) is 25.2. The zero-order valence-corrected chi connectivity index (χ0v) is 14.8. The van der Waals surface area contributed by atoms with E-state index in [1.54, 1.807) is 33.8 Å². The lowest BCUT2D eigenvalue weighted by atomic mass is 10.2. The van der Waals surface area contributed by atoms with Gasteiger partial charge in [0.1, 0.15) is 12.3 Å². The summed E-state index contributed by atoms with van der Waals surface area (Å²) >= 11 is 11.9. The number of aryl methyl sites for hydroxylation is 1. The van der Waals surface area contributed by atoms with Crippen molar-refractivity contribution in [1.82, 2.24) is 14.7 Å². The van der Waals surface area contributed by atoms with Gasteiger partial charge in [-0.15, -0.1) is 0 Å². The van der Waals surface area contributed by atoms with E-state index in [2.05, 4.69) is 5.10 Å². The predicted molar refractivity (Wildman–Crippen MR) is 92.4 cm³/mol. The van der Waals surface area contributed by atoms with Crippen LogP contribution in [0.3, 0.4) is 0 Å². The van der Waals surface area contributed by atoms with Gasteiger partial charge in [-0.2, -0.15) is 5.10 Å². The lowest BCUT2D eigenvalue weighted by molar-refractivity contribution is 0.0942. The van der Waals surface area contributed by atoms with Gasteiger partial charge in [0.25, 0.3) is 5.91 Å². The number of hydrogen-bond acceptors (Lipinski definition) is 4. The molecule has 132 valence electrons. The van der Waals surface area contributed by atoms with Crippen molar-refractivity contribution in [3.05, 3.63) is 51.3 Å². The van der Waals surface area contributed by atoms with Crippen LogP contribution in [0.4, 0.5) is 4.79 Å². The second kappa shape index (κ2) is 7.33. The molecule has 0 aliphatic carbocycles. The number of ether oxygens (including phenoxy) is 1. The summed E-state index contributed by atoms with van der Waals surface area (Å²) in [7, 11) is 0. The number of aromatic nitrogens is 2. The number of amides is 2. The van der Waals surface area contributed by atoms with E-state index in [0.717, 1.165) is 5.69 Å². The van der Waals surface area contributed by atoms with E-state index in [1.165, 1.54) is 0 Å². The normalized spacial score (nSPS) is 13.9. The lowest BCUT2D eigenvalue weighted by Crippen LogP contribution is -2.31. The van der Waals surface area contributed by atoms with Crippen molar-refractivity contribution in [2.75, 3.05) is 6.54 Å². The molecule has 0 saturated heterocycles. The van der Waals surface area contributed by atoms with Crippen molar-refractivity contribution in [3.63, 3.8) is 0 Å². The summed E-state index contributed by atoms with van der Waals surface area (Å²) in [6.07, 6.45) is 0.247. The monoisotopic (exact) mass is 382 g/mol. The summed E-state index contributed by atoms with van der Waals surface area (Å²) < 4.78 is 7.05. The smallest absolute Gasteiger partial charge is 0.410 e. The molecule has 2 heterocycles. The Morgan fingerprint density at radius 1 is 1.16 bits per heavy atom. The van der Waals surface area contributed by atoms with E-state index < -0.39 is 12.0 Å². The number of nitrogens with two attached hydrogens (primary N) is 1. The van der Waals surface area contributed by atoms with Crippen molar-refractivity contribution < 1.29 is 14.3 Å². The summed E-state index contributed by atoms with van der Waals surface area (Å²) in [6.45, 7) is 1.51. The molecule has 0 atom stereocenters. The van der Waals surface area contributed by atoms with E-state index in [9.17, 15) is 9.59 Å². The Bertz CT molecular complexity index is 801. The van der Waals surface area contributed by atoms with Gasteiger partial charge in [-0.3, -0.25) is 9.48 Å². The molecule has 1 aliphatic rings. The van der Waals surface area contributed by atoms with Crippen LogP contribution in [-0.4, -0.2) is 33.2 Å². The maximum Gasteiger partial charge on any atom is 0.410 e. The Hall–Kier alpha value is -2.25. The molecule has 0 fully saturated rings. The molecule has 0 spiro atoms. The number of rotatable bonds is 3. The van der Waals surface area contributed by atoms with Crippen molar-refractivity contribution in [1.29, 1.82) is 0 Å². The molecule has 0 radical (unpaired) electrons. The zero-order valence-electron chi connectivity index (χ0n) is 13.2. The highest BCUT2D eigenvalue weighted by molar-refractivity contribution is 6.34. The average Bonchev–Trinajstić information content (AvgIpc) is 2.84. The van der Waals surface area contributed by atoms with Crippen LogP contribution in [0.5, 0.6) is 0 Å². The maximum atomic E-state index is 12.4. The van der Waals surface area contributed by atoms with E-state index in [0.29, 0.717) is 41.7 Å². The number of fused-ring (bicyclic) bond motifs is 1. The molecule has 1 aromatic heterocycles. The van der Waals surface area contributed by atoms with Gasteiger partial charge >= 0.3 is 6.09 Å². The Kier molecular flexibility index (Phi) is 5.15. The van der Waals surface area contributed by atoms with Gasteiger partial charge in [-0.1, -0.05) is 23.2 Å². The summed E-state index contributed by atoms with van der Waals surface area (Å²) in [5.74, 6) is -0.590. The number of hydrogen-bond donors (Lipinski definition) is 1. The highest BCUT2D eigenvalue weighted by Crippen LogP contribution is 2.20. The summed E-state index contributed by atoms with van der Waals surface area (Å²) in [5, 5.41) is 5.12. The molecule has 1 aromatic carbocycles. The third-order valence-corrected chi connectivity index (χ3v) is 4.25. The molecule has 0 bridgehead atoms. The summed E-state index contributed by atoms with van der Waals surface area (Å²) in [6, 6.07) is 6.60. The van der Waals surface area contributed by atoms with E-state index >= 15 is 0 Å². The first-order valence-corrected chi connectivity index (χ1v) is 8.41. The first-order valence-electron chi connectivity index (χ1n) is 7.65. The molecule has 0 saturated carbocycles. The minimum Gasteiger partial charge on any atom is -0.445 e. The van der Waals surface area contributed by atoms with Crippen molar-refractivity contribution in [3.8, 4) is 0 Å². The first-order chi connectivity index (χ1) is 11.9. The van der Waals surface area contributed by atoms with E-state index in [-0.39, 0.29) is 12.3 Å². The topological polar surface area (TPSA) is 90.5 Å². The molecule has 2 amide bonds. The van der Waals surface area contributed by atoms with Crippen LogP contribution in [-0.2, 0) is 24.4 Å². The molecular weight excluding hydrogens is 367 g/mol. The molecule has 3 rings (SSSR count). The molecule has 1 aliphatic heterocycles. The Morgan fingerprint density at radius 2 is 1.88 bits per heavy atom. The van der Waals surface area contributed by atoms with E-state index in [1.807, 2.05) is 0 Å². The number of halogens is 2. The fourth-order valence-electron chi connectivity index (χ4n) is 2.67. The SMILES string of the molecule is NC(=O)c1cc2n(n1)CCCN(C(=O)OCc1cc(Cl)cc(Cl)c1)C2. The van der Waals surface area contributed by atoms with Gasteiger partial charge in [0.05, 0.1) is 12.2 Å². The van der Waals surface area contributed by atoms with Gasteiger partial charge < -0.3 is 15.4 Å². The van der Waals surface area contributed by atoms with Crippen molar-refractivity contribution in [2.45, 2.75) is 26.1 Å². The van der Waals surface area contributed by atoms with Gasteiger partial charge in [-0.05, 0) is 36.2 Å². The number of carbonyl (C=O) groups excluding carboxylic acids is 2. The standard InChI is InChI=1S/C16H16Cl2N4O3/c17-11-4-10(5-12(18)6-11)9-25-16(24)21-2-1-3-22-13(8-21)7-14(20-22)15(19)23/h4-7H,1-3,8-9H2,(H2,19,23). The number of benzene rings is 1. The molecule has 9 heteroatoms. The lowest BCUT2D eigenvalue weighted by Gasteiger charge is -2.19. The minimum atomic E-state index is -0.590. The van der Waals surface area contributed by atoms with Crippen molar-refractivity contribution in [2.24, 2.45) is 5.73 Å². The van der Waals surface area contributed by atoms with Crippen LogP contribution in [0.25, 0.3) is 0 Å². The van der Waals surface area contributed by atoms with Crippen molar-refractivity contribution >= 4 is 35.2 Å². The van der Waals surface area contributed by atoms with Gasteiger partial charge in [0.2, 0.25) is 0 Å². The molecule has 2 N–H and O–H groups in total. The molecule has 25 heavy (non-hydrogen) atoms. The highest BCUT2D eigenvalue weighted by atomic mass is 35.5.